The van der Waals surface area contributed by atoms with E-state index in [0.29, 0.717) is 24.0 Å². The van der Waals surface area contributed by atoms with E-state index in [1.165, 1.54) is 6.08 Å². The average Bonchev–Trinajstić information content (AvgIpc) is 3.02. The number of amides is 1. The Hall–Kier alpha value is -3.22. The van der Waals surface area contributed by atoms with Crippen molar-refractivity contribution in [1.82, 2.24) is 25.1 Å². The highest BCUT2D eigenvalue weighted by Gasteiger charge is 2.09. The van der Waals surface area contributed by atoms with E-state index in [1.807, 2.05) is 38.1 Å². The minimum Gasteiger partial charge on any atom is -0.477 e. The topological polar surface area (TPSA) is 81.4 Å². The Morgan fingerprint density at radius 1 is 1.24 bits per heavy atom. The van der Waals surface area contributed by atoms with Gasteiger partial charge < -0.3 is 10.1 Å². The van der Waals surface area contributed by atoms with Crippen LogP contribution in [0, 0.1) is 6.92 Å². The number of fused-ring (bicyclic) bond motifs is 1. The molecule has 0 aliphatic carbocycles. The number of aryl methyl sites for hydroxylation is 1. The van der Waals surface area contributed by atoms with Crippen molar-refractivity contribution in [2.45, 2.75) is 20.4 Å². The van der Waals surface area contributed by atoms with Gasteiger partial charge in [-0.1, -0.05) is 24.3 Å². The molecule has 1 N–H and O–H groups in total. The second-order valence-electron chi connectivity index (χ2n) is 5.40. The molecule has 0 bridgehead atoms. The van der Waals surface area contributed by atoms with Crippen molar-refractivity contribution in [3.05, 3.63) is 59.4 Å². The largest absolute Gasteiger partial charge is 0.477 e. The van der Waals surface area contributed by atoms with Crippen molar-refractivity contribution in [2.24, 2.45) is 0 Å². The second-order valence-corrected chi connectivity index (χ2v) is 5.40. The van der Waals surface area contributed by atoms with Gasteiger partial charge in [-0.15, -0.1) is 15.3 Å². The standard InChI is InChI=1S/C18H19N5O2/c1-3-25-18-11-9-15-20-21-16(23(15)22-18)12-19-17(24)10-8-14-7-5-4-6-13(14)2/h4-11H,3,12H2,1-2H3,(H,19,24)/b10-8-. The van der Waals surface area contributed by atoms with E-state index in [4.69, 9.17) is 4.74 Å². The van der Waals surface area contributed by atoms with Crippen LogP contribution in [0.5, 0.6) is 5.88 Å². The third-order valence-corrected chi connectivity index (χ3v) is 3.62. The third-order valence-electron chi connectivity index (χ3n) is 3.62. The predicted octanol–water partition coefficient (Wildman–Crippen LogP) is 2.16. The molecule has 0 saturated carbocycles. The molecule has 25 heavy (non-hydrogen) atoms. The quantitative estimate of drug-likeness (QED) is 0.697. The summed E-state index contributed by atoms with van der Waals surface area (Å²) in [6.45, 7) is 4.64. The summed E-state index contributed by atoms with van der Waals surface area (Å²) in [6.07, 6.45) is 3.29. The Morgan fingerprint density at radius 3 is 2.88 bits per heavy atom. The van der Waals surface area contributed by atoms with Crippen LogP contribution < -0.4 is 10.1 Å². The molecule has 2 aromatic heterocycles. The molecule has 0 atom stereocenters. The van der Waals surface area contributed by atoms with E-state index >= 15 is 0 Å². The van der Waals surface area contributed by atoms with Crippen LogP contribution in [0.25, 0.3) is 11.7 Å². The van der Waals surface area contributed by atoms with Crippen LogP contribution in [-0.2, 0) is 11.3 Å². The molecule has 1 aromatic carbocycles. The van der Waals surface area contributed by atoms with Crippen LogP contribution in [0.3, 0.4) is 0 Å². The van der Waals surface area contributed by atoms with Crippen LogP contribution in [0.15, 0.2) is 42.5 Å². The lowest BCUT2D eigenvalue weighted by Gasteiger charge is -2.04. The summed E-state index contributed by atoms with van der Waals surface area (Å²) in [7, 11) is 0. The molecule has 0 saturated heterocycles. The van der Waals surface area contributed by atoms with Gasteiger partial charge in [0.1, 0.15) is 0 Å². The van der Waals surface area contributed by atoms with E-state index in [1.54, 1.807) is 22.7 Å². The lowest BCUT2D eigenvalue weighted by atomic mass is 10.1. The number of nitrogens with one attached hydrogen (secondary N) is 1. The Kier molecular flexibility index (Phi) is 5.03. The molecule has 128 valence electrons. The van der Waals surface area contributed by atoms with E-state index < -0.39 is 0 Å². The summed E-state index contributed by atoms with van der Waals surface area (Å²) >= 11 is 0. The van der Waals surface area contributed by atoms with Gasteiger partial charge >= 0.3 is 0 Å². The molecule has 0 fully saturated rings. The Morgan fingerprint density at radius 2 is 2.08 bits per heavy atom. The maximum absolute atomic E-state index is 12.0. The predicted molar refractivity (Wildman–Crippen MR) is 94.0 cm³/mol. The molecule has 3 rings (SSSR count). The second kappa shape index (κ2) is 7.57. The Bertz CT molecular complexity index is 917. The third kappa shape index (κ3) is 4.00. The summed E-state index contributed by atoms with van der Waals surface area (Å²) in [5.74, 6) is 0.817. The number of benzene rings is 1. The molecule has 7 heteroatoms. The number of rotatable bonds is 6. The fraction of sp³-hybridized carbons (Fsp3) is 0.222. The molecule has 0 aliphatic rings. The van der Waals surface area contributed by atoms with Crippen molar-refractivity contribution in [2.75, 3.05) is 6.61 Å². The average molecular weight is 337 g/mol. The van der Waals surface area contributed by atoms with Gasteiger partial charge in [-0.25, -0.2) is 0 Å². The van der Waals surface area contributed by atoms with Crippen LogP contribution in [0.1, 0.15) is 23.9 Å². The van der Waals surface area contributed by atoms with Crippen molar-refractivity contribution >= 4 is 17.6 Å². The highest BCUT2D eigenvalue weighted by molar-refractivity contribution is 5.91. The molecular weight excluding hydrogens is 318 g/mol. The molecule has 3 aromatic rings. The maximum atomic E-state index is 12.0. The van der Waals surface area contributed by atoms with Gasteiger partial charge in [0, 0.05) is 12.1 Å². The van der Waals surface area contributed by atoms with Gasteiger partial charge in [0.25, 0.3) is 0 Å². The molecular formula is C18H19N5O2. The maximum Gasteiger partial charge on any atom is 0.244 e. The smallest absolute Gasteiger partial charge is 0.244 e. The number of carbonyl (C=O) groups is 1. The first kappa shape index (κ1) is 16.6. The van der Waals surface area contributed by atoms with Gasteiger partial charge in [0.15, 0.2) is 11.5 Å². The summed E-state index contributed by atoms with van der Waals surface area (Å²) in [6, 6.07) is 11.4. The van der Waals surface area contributed by atoms with E-state index in [-0.39, 0.29) is 12.5 Å². The molecule has 0 unspecified atom stereocenters. The number of carbonyl (C=O) groups excluding carboxylic acids is 1. The molecule has 2 heterocycles. The van der Waals surface area contributed by atoms with Crippen molar-refractivity contribution in [3.8, 4) is 5.88 Å². The summed E-state index contributed by atoms with van der Waals surface area (Å²) in [5.41, 5.74) is 2.72. The number of aromatic nitrogens is 4. The highest BCUT2D eigenvalue weighted by Crippen LogP contribution is 2.10. The van der Waals surface area contributed by atoms with E-state index in [9.17, 15) is 4.79 Å². The Balaban J connectivity index is 1.67. The van der Waals surface area contributed by atoms with E-state index in [2.05, 4.69) is 20.6 Å². The first-order valence-electron chi connectivity index (χ1n) is 8.03. The van der Waals surface area contributed by atoms with Crippen molar-refractivity contribution in [3.63, 3.8) is 0 Å². The van der Waals surface area contributed by atoms with Gasteiger partial charge in [0.2, 0.25) is 11.8 Å². The monoisotopic (exact) mass is 337 g/mol. The van der Waals surface area contributed by atoms with Crippen LogP contribution >= 0.6 is 0 Å². The number of hydrogen-bond donors (Lipinski definition) is 1. The van der Waals surface area contributed by atoms with Crippen molar-refractivity contribution in [1.29, 1.82) is 0 Å². The van der Waals surface area contributed by atoms with Gasteiger partial charge in [-0.2, -0.15) is 4.52 Å². The fourth-order valence-corrected chi connectivity index (χ4v) is 2.32. The summed E-state index contributed by atoms with van der Waals surface area (Å²) in [4.78, 5) is 12.0. The van der Waals surface area contributed by atoms with Crippen molar-refractivity contribution < 1.29 is 9.53 Å². The summed E-state index contributed by atoms with van der Waals surface area (Å²) < 4.78 is 6.94. The van der Waals surface area contributed by atoms with Gasteiger partial charge in [-0.05, 0) is 37.1 Å². The lowest BCUT2D eigenvalue weighted by Crippen LogP contribution is -2.22. The number of nitrogens with zero attached hydrogens (tertiary/aromatic N) is 4. The molecule has 0 aliphatic heterocycles. The summed E-state index contributed by atoms with van der Waals surface area (Å²) in [5, 5.41) is 15.2. The van der Waals surface area contributed by atoms with Gasteiger partial charge in [0.05, 0.1) is 13.2 Å². The molecule has 1 amide bonds. The van der Waals surface area contributed by atoms with Gasteiger partial charge in [-0.3, -0.25) is 4.79 Å². The fourth-order valence-electron chi connectivity index (χ4n) is 2.32. The highest BCUT2D eigenvalue weighted by atomic mass is 16.5. The minimum absolute atomic E-state index is 0.207. The zero-order chi connectivity index (χ0) is 17.6. The molecule has 0 spiro atoms. The van der Waals surface area contributed by atoms with E-state index in [0.717, 1.165) is 11.1 Å². The first-order chi connectivity index (χ1) is 12.2. The first-order valence-corrected chi connectivity index (χ1v) is 8.03. The molecule has 0 radical (unpaired) electrons. The lowest BCUT2D eigenvalue weighted by molar-refractivity contribution is -0.116. The zero-order valence-electron chi connectivity index (χ0n) is 14.1. The number of ether oxygens (including phenoxy) is 1. The Labute approximate surface area is 145 Å². The normalized spacial score (nSPS) is 11.1. The molecule has 7 nitrogen and oxygen atoms in total. The zero-order valence-corrected chi connectivity index (χ0v) is 14.1. The van der Waals surface area contributed by atoms with Crippen LogP contribution in [0.4, 0.5) is 0 Å². The minimum atomic E-state index is -0.207. The van der Waals surface area contributed by atoms with Crippen LogP contribution in [0.2, 0.25) is 0 Å². The number of hydrogen-bond acceptors (Lipinski definition) is 5. The van der Waals surface area contributed by atoms with Crippen LogP contribution in [-0.4, -0.2) is 32.3 Å². The SMILES string of the molecule is CCOc1ccc2nnc(CNC(=O)/C=C\c3ccccc3C)n2n1.